The molecule has 3 aromatic rings. The van der Waals surface area contributed by atoms with E-state index >= 15 is 0 Å². The third kappa shape index (κ3) is 4.53. The van der Waals surface area contributed by atoms with Gasteiger partial charge >= 0.3 is 0 Å². The summed E-state index contributed by atoms with van der Waals surface area (Å²) in [5, 5.41) is 15.7. The number of benzene rings is 2. The van der Waals surface area contributed by atoms with Gasteiger partial charge in [-0.05, 0) is 31.0 Å². The topological polar surface area (TPSA) is 67.2 Å². The fourth-order valence-electron chi connectivity index (χ4n) is 2.70. The van der Waals surface area contributed by atoms with Crippen LogP contribution in [0.4, 0.5) is 5.69 Å². The third-order valence-corrected chi connectivity index (χ3v) is 5.67. The summed E-state index contributed by atoms with van der Waals surface area (Å²) >= 11 is 7.56. The van der Waals surface area contributed by atoms with Crippen LogP contribution < -0.4 is 14.8 Å². The van der Waals surface area contributed by atoms with Crippen LogP contribution in [0.2, 0.25) is 5.02 Å². The Labute approximate surface area is 179 Å². The van der Waals surface area contributed by atoms with Crippen molar-refractivity contribution < 1.29 is 9.47 Å². The van der Waals surface area contributed by atoms with Crippen LogP contribution in [-0.2, 0) is 0 Å². The van der Waals surface area contributed by atoms with E-state index in [1.165, 1.54) is 29.6 Å². The zero-order chi connectivity index (χ0) is 21.0. The maximum absolute atomic E-state index is 9.62. The summed E-state index contributed by atoms with van der Waals surface area (Å²) in [6, 6.07) is 11.8. The van der Waals surface area contributed by atoms with Crippen molar-refractivity contribution in [2.75, 3.05) is 19.5 Å². The molecule has 0 unspecified atom stereocenters. The molecule has 7 heteroatoms. The number of rotatable bonds is 6. The number of halogens is 1. The van der Waals surface area contributed by atoms with Crippen molar-refractivity contribution in [3.05, 3.63) is 63.1 Å². The highest BCUT2D eigenvalue weighted by molar-refractivity contribution is 7.11. The lowest BCUT2D eigenvalue weighted by atomic mass is 10.1. The first-order valence-corrected chi connectivity index (χ1v) is 10.0. The first-order chi connectivity index (χ1) is 14.0. The van der Waals surface area contributed by atoms with Crippen molar-refractivity contribution in [2.45, 2.75) is 13.8 Å². The minimum Gasteiger partial charge on any atom is -0.495 e. The summed E-state index contributed by atoms with van der Waals surface area (Å²) in [5.41, 5.74) is 5.37. The lowest BCUT2D eigenvalue weighted by molar-refractivity contribution is 0.405. The van der Waals surface area contributed by atoms with Crippen LogP contribution in [0, 0.1) is 25.2 Å². The maximum atomic E-state index is 9.62. The highest BCUT2D eigenvalue weighted by atomic mass is 35.5. The Kier molecular flexibility index (Phi) is 6.42. The second-order valence-corrected chi connectivity index (χ2v) is 7.60. The van der Waals surface area contributed by atoms with E-state index in [-0.39, 0.29) is 0 Å². The number of anilines is 1. The number of aryl methyl sites for hydroxylation is 2. The number of ether oxygens (including phenoxy) is 2. The van der Waals surface area contributed by atoms with Gasteiger partial charge in [0.1, 0.15) is 28.1 Å². The standard InChI is InChI=1S/C22H20ClN3O2S/c1-13-5-6-15(7-14(13)2)19-12-29-22(26-19)16(10-24)11-25-18-9-20(27-3)17(23)8-21(18)28-4/h5-9,11-12,25H,1-4H3. The van der Waals surface area contributed by atoms with Crippen LogP contribution >= 0.6 is 22.9 Å². The average Bonchev–Trinajstić information content (AvgIpc) is 3.21. The van der Waals surface area contributed by atoms with Crippen LogP contribution in [0.25, 0.3) is 16.8 Å². The third-order valence-electron chi connectivity index (χ3n) is 4.50. The minimum absolute atomic E-state index is 0.418. The average molecular weight is 426 g/mol. The molecule has 0 saturated heterocycles. The molecule has 3 rings (SSSR count). The van der Waals surface area contributed by atoms with Gasteiger partial charge in [0.05, 0.1) is 30.6 Å². The number of methoxy groups -OCH3 is 2. The molecule has 2 aromatic carbocycles. The van der Waals surface area contributed by atoms with E-state index in [0.717, 1.165) is 11.3 Å². The smallest absolute Gasteiger partial charge is 0.144 e. The fourth-order valence-corrected chi connectivity index (χ4v) is 3.72. The van der Waals surface area contributed by atoms with Gasteiger partial charge in [-0.25, -0.2) is 4.98 Å². The number of thiazole rings is 1. The lowest BCUT2D eigenvalue weighted by Gasteiger charge is -2.12. The summed E-state index contributed by atoms with van der Waals surface area (Å²) < 4.78 is 10.6. The van der Waals surface area contributed by atoms with Gasteiger partial charge in [-0.2, -0.15) is 5.26 Å². The summed E-state index contributed by atoms with van der Waals surface area (Å²) in [6.45, 7) is 4.15. The molecule has 0 radical (unpaired) electrons. The summed E-state index contributed by atoms with van der Waals surface area (Å²) in [7, 11) is 3.09. The van der Waals surface area contributed by atoms with E-state index in [1.54, 1.807) is 25.4 Å². The van der Waals surface area contributed by atoms with Crippen molar-refractivity contribution in [1.82, 2.24) is 4.98 Å². The molecule has 29 heavy (non-hydrogen) atoms. The van der Waals surface area contributed by atoms with Crippen molar-refractivity contribution >= 4 is 34.2 Å². The molecule has 0 fully saturated rings. The molecule has 0 spiro atoms. The molecule has 1 heterocycles. The van der Waals surface area contributed by atoms with E-state index in [2.05, 4.69) is 42.4 Å². The van der Waals surface area contributed by atoms with E-state index in [0.29, 0.717) is 32.8 Å². The molecule has 0 aliphatic carbocycles. The number of allylic oxidation sites excluding steroid dienone is 1. The van der Waals surface area contributed by atoms with Crippen molar-refractivity contribution in [3.63, 3.8) is 0 Å². The SMILES string of the molecule is COc1cc(NC=C(C#N)c2nc(-c3ccc(C)c(C)c3)cs2)c(OC)cc1Cl. The monoisotopic (exact) mass is 425 g/mol. The molecule has 5 nitrogen and oxygen atoms in total. The largest absolute Gasteiger partial charge is 0.495 e. The van der Waals surface area contributed by atoms with Gasteiger partial charge in [-0.1, -0.05) is 23.7 Å². The molecule has 0 aliphatic rings. The zero-order valence-electron chi connectivity index (χ0n) is 16.5. The summed E-state index contributed by atoms with van der Waals surface area (Å²) in [4.78, 5) is 4.64. The fraction of sp³-hybridized carbons (Fsp3) is 0.182. The Morgan fingerprint density at radius 1 is 1.14 bits per heavy atom. The molecule has 1 N–H and O–H groups in total. The normalized spacial score (nSPS) is 11.1. The van der Waals surface area contributed by atoms with Crippen LogP contribution in [0.3, 0.4) is 0 Å². The van der Waals surface area contributed by atoms with Gasteiger partial charge in [0.2, 0.25) is 0 Å². The Bertz CT molecular complexity index is 1120. The van der Waals surface area contributed by atoms with Crippen molar-refractivity contribution in [1.29, 1.82) is 5.26 Å². The van der Waals surface area contributed by atoms with Gasteiger partial charge in [-0.15, -0.1) is 11.3 Å². The van der Waals surface area contributed by atoms with Gasteiger partial charge < -0.3 is 14.8 Å². The van der Waals surface area contributed by atoms with E-state index in [4.69, 9.17) is 21.1 Å². The maximum Gasteiger partial charge on any atom is 0.144 e. The Morgan fingerprint density at radius 2 is 1.90 bits per heavy atom. The van der Waals surface area contributed by atoms with E-state index in [9.17, 15) is 5.26 Å². The lowest BCUT2D eigenvalue weighted by Crippen LogP contribution is -1.96. The number of hydrogen-bond donors (Lipinski definition) is 1. The zero-order valence-corrected chi connectivity index (χ0v) is 18.1. The predicted molar refractivity (Wildman–Crippen MR) is 119 cm³/mol. The van der Waals surface area contributed by atoms with Crippen LogP contribution in [0.5, 0.6) is 11.5 Å². The van der Waals surface area contributed by atoms with Crippen LogP contribution in [-0.4, -0.2) is 19.2 Å². The van der Waals surface area contributed by atoms with Crippen LogP contribution in [0.1, 0.15) is 16.1 Å². The molecule has 0 atom stereocenters. The van der Waals surface area contributed by atoms with Gasteiger partial charge in [0.25, 0.3) is 0 Å². The molecule has 0 bridgehead atoms. The van der Waals surface area contributed by atoms with E-state index < -0.39 is 0 Å². The Morgan fingerprint density at radius 3 is 2.55 bits per heavy atom. The molecule has 1 aromatic heterocycles. The summed E-state index contributed by atoms with van der Waals surface area (Å²) in [5.74, 6) is 1.05. The molecular formula is C22H20ClN3O2S. The van der Waals surface area contributed by atoms with Gasteiger partial charge in [0, 0.05) is 29.3 Å². The van der Waals surface area contributed by atoms with Crippen LogP contribution in [0.15, 0.2) is 41.9 Å². The molecule has 0 aliphatic heterocycles. The van der Waals surface area contributed by atoms with Gasteiger partial charge in [0.15, 0.2) is 0 Å². The quantitative estimate of drug-likeness (QED) is 0.485. The highest BCUT2D eigenvalue weighted by Gasteiger charge is 2.12. The second kappa shape index (κ2) is 8.99. The molecule has 0 saturated carbocycles. The number of nitrogens with zero attached hydrogens (tertiary/aromatic N) is 2. The van der Waals surface area contributed by atoms with Gasteiger partial charge in [-0.3, -0.25) is 0 Å². The molecule has 148 valence electrons. The highest BCUT2D eigenvalue weighted by Crippen LogP contribution is 2.36. The molecular weight excluding hydrogens is 406 g/mol. The number of aromatic nitrogens is 1. The number of nitriles is 1. The second-order valence-electron chi connectivity index (χ2n) is 6.34. The number of hydrogen-bond acceptors (Lipinski definition) is 6. The van der Waals surface area contributed by atoms with Crippen molar-refractivity contribution in [2.24, 2.45) is 0 Å². The Hall–Kier alpha value is -3.01. The Balaban J connectivity index is 1.89. The molecule has 0 amide bonds. The minimum atomic E-state index is 0.418. The van der Waals surface area contributed by atoms with Crippen molar-refractivity contribution in [3.8, 4) is 28.8 Å². The predicted octanol–water partition coefficient (Wildman–Crippen LogP) is 6.07. The number of nitrogens with one attached hydrogen (secondary N) is 1. The first-order valence-electron chi connectivity index (χ1n) is 8.78. The first kappa shape index (κ1) is 20.7. The van der Waals surface area contributed by atoms with E-state index in [1.807, 2.05) is 11.4 Å². The summed E-state index contributed by atoms with van der Waals surface area (Å²) in [6.07, 6.45) is 1.61.